The molecule has 0 spiro atoms. The summed E-state index contributed by atoms with van der Waals surface area (Å²) in [6.07, 6.45) is -4.84. The van der Waals surface area contributed by atoms with Gasteiger partial charge in [0.25, 0.3) is 17.3 Å². The number of nitro groups is 2. The Morgan fingerprint density at radius 3 is 1.88 bits per heavy atom. The molecular formula is C15H10F3N3O5. The van der Waals surface area contributed by atoms with Crippen molar-refractivity contribution in [2.45, 2.75) is 12.2 Å². The first kappa shape index (κ1) is 18.8. The summed E-state index contributed by atoms with van der Waals surface area (Å²) in [4.78, 5) is 31.9. The second-order valence-electron chi connectivity index (χ2n) is 5.11. The summed E-state index contributed by atoms with van der Waals surface area (Å²) in [5.74, 6) is -1.33. The fraction of sp³-hybridized carbons (Fsp3) is 0.133. The monoisotopic (exact) mass is 369 g/mol. The highest BCUT2D eigenvalue weighted by Crippen LogP contribution is 2.33. The summed E-state index contributed by atoms with van der Waals surface area (Å²) in [7, 11) is 0. The number of benzene rings is 2. The minimum atomic E-state index is -4.84. The van der Waals surface area contributed by atoms with E-state index in [-0.39, 0.29) is 5.56 Å². The maximum absolute atomic E-state index is 13.3. The summed E-state index contributed by atoms with van der Waals surface area (Å²) in [6, 6.07) is 6.04. The number of nitro benzene ring substituents is 2. The molecule has 2 aromatic rings. The molecule has 1 N–H and O–H groups in total. The molecule has 26 heavy (non-hydrogen) atoms. The number of hydrogen-bond acceptors (Lipinski definition) is 5. The zero-order valence-corrected chi connectivity index (χ0v) is 12.8. The normalized spacial score (nSPS) is 12.3. The molecule has 136 valence electrons. The molecule has 1 unspecified atom stereocenters. The van der Waals surface area contributed by atoms with Crippen molar-refractivity contribution in [2.75, 3.05) is 0 Å². The lowest BCUT2D eigenvalue weighted by molar-refractivity contribution is -0.394. The fourth-order valence-electron chi connectivity index (χ4n) is 2.15. The quantitative estimate of drug-likeness (QED) is 0.639. The second-order valence-corrected chi connectivity index (χ2v) is 5.11. The van der Waals surface area contributed by atoms with E-state index in [4.69, 9.17) is 0 Å². The van der Waals surface area contributed by atoms with Gasteiger partial charge in [-0.2, -0.15) is 13.2 Å². The number of nitrogens with one attached hydrogen (secondary N) is 1. The lowest BCUT2D eigenvalue weighted by Crippen LogP contribution is -2.38. The van der Waals surface area contributed by atoms with Crippen LogP contribution in [0.15, 0.2) is 48.5 Å². The summed E-state index contributed by atoms with van der Waals surface area (Å²) in [5.41, 5.74) is -2.45. The van der Waals surface area contributed by atoms with Gasteiger partial charge in [-0.1, -0.05) is 30.3 Å². The summed E-state index contributed by atoms with van der Waals surface area (Å²) in [5, 5.41) is 23.4. The van der Waals surface area contributed by atoms with Crippen molar-refractivity contribution in [1.82, 2.24) is 5.32 Å². The molecule has 0 fully saturated rings. The van der Waals surface area contributed by atoms with E-state index in [1.54, 1.807) is 5.32 Å². The summed E-state index contributed by atoms with van der Waals surface area (Å²) < 4.78 is 39.8. The van der Waals surface area contributed by atoms with Crippen LogP contribution in [0.5, 0.6) is 0 Å². The highest BCUT2D eigenvalue weighted by Gasteiger charge is 2.42. The van der Waals surface area contributed by atoms with Crippen LogP contribution in [0.2, 0.25) is 0 Å². The third kappa shape index (κ3) is 4.32. The van der Waals surface area contributed by atoms with E-state index in [1.165, 1.54) is 18.2 Å². The Morgan fingerprint density at radius 1 is 0.962 bits per heavy atom. The van der Waals surface area contributed by atoms with Crippen LogP contribution in [0.1, 0.15) is 22.0 Å². The van der Waals surface area contributed by atoms with Crippen LogP contribution in [0.25, 0.3) is 0 Å². The van der Waals surface area contributed by atoms with Crippen molar-refractivity contribution >= 4 is 17.3 Å². The molecule has 0 radical (unpaired) electrons. The Bertz CT molecular complexity index is 823. The molecule has 0 aliphatic carbocycles. The van der Waals surface area contributed by atoms with Gasteiger partial charge in [0.1, 0.15) is 0 Å². The van der Waals surface area contributed by atoms with E-state index in [9.17, 15) is 38.2 Å². The predicted octanol–water partition coefficient (Wildman–Crippen LogP) is 3.54. The first-order valence-electron chi connectivity index (χ1n) is 6.96. The van der Waals surface area contributed by atoms with Crippen LogP contribution in [-0.2, 0) is 0 Å². The van der Waals surface area contributed by atoms with E-state index in [1.807, 2.05) is 0 Å². The Hall–Kier alpha value is -3.50. The van der Waals surface area contributed by atoms with Gasteiger partial charge in [0.05, 0.1) is 21.5 Å². The highest BCUT2D eigenvalue weighted by atomic mass is 19.4. The van der Waals surface area contributed by atoms with Gasteiger partial charge in [-0.3, -0.25) is 25.0 Å². The summed E-state index contributed by atoms with van der Waals surface area (Å²) >= 11 is 0. The van der Waals surface area contributed by atoms with Crippen molar-refractivity contribution in [1.29, 1.82) is 0 Å². The minimum absolute atomic E-state index is 0.256. The van der Waals surface area contributed by atoms with Crippen LogP contribution in [0.4, 0.5) is 24.5 Å². The molecular weight excluding hydrogens is 359 g/mol. The van der Waals surface area contributed by atoms with E-state index < -0.39 is 44.9 Å². The lowest BCUT2D eigenvalue weighted by atomic mass is 10.1. The van der Waals surface area contributed by atoms with Crippen LogP contribution in [0, 0.1) is 20.2 Å². The minimum Gasteiger partial charge on any atom is -0.337 e. The van der Waals surface area contributed by atoms with Gasteiger partial charge in [-0.05, 0) is 5.56 Å². The SMILES string of the molecule is O=C(NC(c1ccccc1)C(F)(F)F)c1cc([N+](=O)[O-])cc([N+](=O)[O-])c1. The molecule has 0 aliphatic rings. The molecule has 0 bridgehead atoms. The molecule has 0 saturated heterocycles. The van der Waals surface area contributed by atoms with Crippen LogP contribution in [0.3, 0.4) is 0 Å². The second kappa shape index (κ2) is 7.17. The number of carbonyl (C=O) groups excluding carboxylic acids is 1. The number of amides is 1. The van der Waals surface area contributed by atoms with E-state index >= 15 is 0 Å². The molecule has 2 aromatic carbocycles. The average molecular weight is 369 g/mol. The molecule has 11 heteroatoms. The van der Waals surface area contributed by atoms with E-state index in [0.717, 1.165) is 12.1 Å². The Kier molecular flexibility index (Phi) is 5.19. The molecule has 2 rings (SSSR count). The zero-order chi connectivity index (χ0) is 19.5. The Balaban J connectivity index is 2.41. The maximum atomic E-state index is 13.3. The topological polar surface area (TPSA) is 115 Å². The predicted molar refractivity (Wildman–Crippen MR) is 82.5 cm³/mol. The molecule has 0 heterocycles. The van der Waals surface area contributed by atoms with Crippen LogP contribution in [-0.4, -0.2) is 21.9 Å². The average Bonchev–Trinajstić information content (AvgIpc) is 2.58. The van der Waals surface area contributed by atoms with Gasteiger partial charge in [-0.25, -0.2) is 0 Å². The number of carbonyl (C=O) groups is 1. The molecule has 0 saturated carbocycles. The van der Waals surface area contributed by atoms with Crippen molar-refractivity contribution in [3.63, 3.8) is 0 Å². The number of hydrogen-bond donors (Lipinski definition) is 1. The standard InChI is InChI=1S/C15H10F3N3O5/c16-15(17,18)13(9-4-2-1-3-5-9)19-14(22)10-6-11(20(23)24)8-12(7-10)21(25)26/h1-8,13H,(H,19,22). The number of halogens is 3. The first-order chi connectivity index (χ1) is 12.1. The molecule has 8 nitrogen and oxygen atoms in total. The number of alkyl halides is 3. The number of nitrogens with zero attached hydrogens (tertiary/aromatic N) is 2. The number of rotatable bonds is 5. The molecule has 0 aliphatic heterocycles. The fourth-order valence-corrected chi connectivity index (χ4v) is 2.15. The van der Waals surface area contributed by atoms with Crippen molar-refractivity contribution < 1.29 is 27.8 Å². The first-order valence-corrected chi connectivity index (χ1v) is 6.96. The van der Waals surface area contributed by atoms with Gasteiger partial charge in [0, 0.05) is 12.1 Å². The molecule has 1 amide bonds. The Morgan fingerprint density at radius 2 is 1.46 bits per heavy atom. The van der Waals surface area contributed by atoms with Crippen LogP contribution >= 0.6 is 0 Å². The van der Waals surface area contributed by atoms with Gasteiger partial charge < -0.3 is 5.32 Å². The van der Waals surface area contributed by atoms with Gasteiger partial charge in [-0.15, -0.1) is 0 Å². The molecule has 1 atom stereocenters. The molecule has 0 aromatic heterocycles. The summed E-state index contributed by atoms with van der Waals surface area (Å²) in [6.45, 7) is 0. The van der Waals surface area contributed by atoms with Crippen molar-refractivity contribution in [3.05, 3.63) is 79.9 Å². The van der Waals surface area contributed by atoms with E-state index in [2.05, 4.69) is 0 Å². The third-order valence-electron chi connectivity index (χ3n) is 3.32. The van der Waals surface area contributed by atoms with E-state index in [0.29, 0.717) is 18.2 Å². The van der Waals surface area contributed by atoms with Crippen molar-refractivity contribution in [2.24, 2.45) is 0 Å². The maximum Gasteiger partial charge on any atom is 0.412 e. The van der Waals surface area contributed by atoms with Crippen LogP contribution < -0.4 is 5.32 Å². The van der Waals surface area contributed by atoms with Gasteiger partial charge in [0.2, 0.25) is 0 Å². The Labute approximate surface area is 143 Å². The third-order valence-corrected chi connectivity index (χ3v) is 3.32. The largest absolute Gasteiger partial charge is 0.412 e. The smallest absolute Gasteiger partial charge is 0.337 e. The highest BCUT2D eigenvalue weighted by molar-refractivity contribution is 5.95. The lowest BCUT2D eigenvalue weighted by Gasteiger charge is -2.22. The van der Waals surface area contributed by atoms with Gasteiger partial charge in [0.15, 0.2) is 6.04 Å². The van der Waals surface area contributed by atoms with Gasteiger partial charge >= 0.3 is 6.18 Å². The van der Waals surface area contributed by atoms with Crippen molar-refractivity contribution in [3.8, 4) is 0 Å². The zero-order valence-electron chi connectivity index (χ0n) is 12.8. The number of non-ortho nitro benzene ring substituents is 2.